The molecular formula is C17H28ClNO2. The maximum absolute atomic E-state index is 9.96. The van der Waals surface area contributed by atoms with Gasteiger partial charge in [-0.05, 0) is 49.9 Å². The second kappa shape index (κ2) is 9.29. The molecule has 0 fully saturated rings. The first kappa shape index (κ1) is 18.3. The van der Waals surface area contributed by atoms with Crippen molar-refractivity contribution in [3.05, 3.63) is 28.8 Å². The van der Waals surface area contributed by atoms with Gasteiger partial charge in [0, 0.05) is 17.6 Å². The van der Waals surface area contributed by atoms with Gasteiger partial charge in [-0.1, -0.05) is 31.9 Å². The van der Waals surface area contributed by atoms with Crippen LogP contribution in [-0.4, -0.2) is 30.4 Å². The summed E-state index contributed by atoms with van der Waals surface area (Å²) in [6.45, 7) is 9.37. The summed E-state index contributed by atoms with van der Waals surface area (Å²) in [6.07, 6.45) is 1.80. The Morgan fingerprint density at radius 1 is 1.33 bits per heavy atom. The molecule has 3 atom stereocenters. The highest BCUT2D eigenvalue weighted by Gasteiger charge is 2.10. The third-order valence-corrected chi connectivity index (χ3v) is 4.15. The van der Waals surface area contributed by atoms with E-state index in [0.29, 0.717) is 18.5 Å². The highest BCUT2D eigenvalue weighted by Crippen LogP contribution is 2.21. The molecule has 2 N–H and O–H groups in total. The lowest BCUT2D eigenvalue weighted by atomic mass is 10.0. The Balaban J connectivity index is 2.27. The molecule has 1 aromatic rings. The molecule has 1 aromatic carbocycles. The van der Waals surface area contributed by atoms with Crippen molar-refractivity contribution < 1.29 is 9.84 Å². The Labute approximate surface area is 133 Å². The Morgan fingerprint density at radius 2 is 2.05 bits per heavy atom. The normalized spacial score (nSPS) is 15.5. The number of hydrogen-bond donors (Lipinski definition) is 2. The largest absolute Gasteiger partial charge is 0.491 e. The molecular weight excluding hydrogens is 286 g/mol. The summed E-state index contributed by atoms with van der Waals surface area (Å²) in [7, 11) is 0. The summed E-state index contributed by atoms with van der Waals surface area (Å²) in [5.74, 6) is 1.45. The van der Waals surface area contributed by atoms with Crippen LogP contribution >= 0.6 is 11.6 Å². The number of nitrogens with one attached hydrogen (secondary N) is 1. The summed E-state index contributed by atoms with van der Waals surface area (Å²) >= 11 is 5.97. The standard InChI is InChI=1S/C17H28ClNO2/c1-5-12(2)8-14(4)19-10-15(20)11-21-16-6-7-17(18)13(3)9-16/h6-7,9,12,14-15,19-20H,5,8,10-11H2,1-4H3. The zero-order valence-corrected chi connectivity index (χ0v) is 14.3. The van der Waals surface area contributed by atoms with Crippen LogP contribution < -0.4 is 10.1 Å². The minimum Gasteiger partial charge on any atom is -0.491 e. The fraction of sp³-hybridized carbons (Fsp3) is 0.647. The summed E-state index contributed by atoms with van der Waals surface area (Å²) in [4.78, 5) is 0. The van der Waals surface area contributed by atoms with Crippen molar-refractivity contribution in [2.24, 2.45) is 5.92 Å². The smallest absolute Gasteiger partial charge is 0.119 e. The van der Waals surface area contributed by atoms with Crippen LogP contribution in [0, 0.1) is 12.8 Å². The van der Waals surface area contributed by atoms with Gasteiger partial charge in [-0.2, -0.15) is 0 Å². The van der Waals surface area contributed by atoms with Crippen LogP contribution in [0.15, 0.2) is 18.2 Å². The molecule has 0 radical (unpaired) electrons. The van der Waals surface area contributed by atoms with E-state index in [9.17, 15) is 5.11 Å². The minimum absolute atomic E-state index is 0.282. The average molecular weight is 314 g/mol. The van der Waals surface area contributed by atoms with Crippen molar-refractivity contribution >= 4 is 11.6 Å². The molecule has 0 aliphatic rings. The van der Waals surface area contributed by atoms with Crippen LogP contribution in [0.2, 0.25) is 5.02 Å². The molecule has 1 rings (SSSR count). The lowest BCUT2D eigenvalue weighted by Gasteiger charge is -2.20. The van der Waals surface area contributed by atoms with Crippen molar-refractivity contribution in [1.29, 1.82) is 0 Å². The summed E-state index contributed by atoms with van der Waals surface area (Å²) in [5, 5.41) is 14.0. The molecule has 0 aromatic heterocycles. The van der Waals surface area contributed by atoms with Crippen molar-refractivity contribution in [2.45, 2.75) is 52.7 Å². The quantitative estimate of drug-likeness (QED) is 0.728. The van der Waals surface area contributed by atoms with Gasteiger partial charge in [-0.15, -0.1) is 0 Å². The van der Waals surface area contributed by atoms with Crippen molar-refractivity contribution in [2.75, 3.05) is 13.2 Å². The van der Waals surface area contributed by atoms with Gasteiger partial charge in [-0.3, -0.25) is 0 Å². The van der Waals surface area contributed by atoms with Gasteiger partial charge in [0.2, 0.25) is 0 Å². The fourth-order valence-corrected chi connectivity index (χ4v) is 2.27. The monoisotopic (exact) mass is 313 g/mol. The zero-order valence-electron chi connectivity index (χ0n) is 13.5. The van der Waals surface area contributed by atoms with Gasteiger partial charge < -0.3 is 15.2 Å². The summed E-state index contributed by atoms with van der Waals surface area (Å²) < 4.78 is 5.59. The predicted octanol–water partition coefficient (Wildman–Crippen LogP) is 3.80. The molecule has 21 heavy (non-hydrogen) atoms. The van der Waals surface area contributed by atoms with E-state index in [4.69, 9.17) is 16.3 Å². The van der Waals surface area contributed by atoms with Gasteiger partial charge in [0.05, 0.1) is 0 Å². The lowest BCUT2D eigenvalue weighted by molar-refractivity contribution is 0.103. The summed E-state index contributed by atoms with van der Waals surface area (Å²) in [6, 6.07) is 5.92. The van der Waals surface area contributed by atoms with Crippen molar-refractivity contribution in [3.8, 4) is 5.75 Å². The molecule has 0 aliphatic heterocycles. The van der Waals surface area contributed by atoms with E-state index < -0.39 is 6.10 Å². The van der Waals surface area contributed by atoms with Crippen LogP contribution in [0.5, 0.6) is 5.75 Å². The molecule has 3 nitrogen and oxygen atoms in total. The van der Waals surface area contributed by atoms with Gasteiger partial charge in [0.1, 0.15) is 18.5 Å². The second-order valence-corrected chi connectivity index (χ2v) is 6.34. The highest BCUT2D eigenvalue weighted by atomic mass is 35.5. The number of ether oxygens (including phenoxy) is 1. The first-order valence-corrected chi connectivity index (χ1v) is 8.10. The molecule has 0 spiro atoms. The van der Waals surface area contributed by atoms with Gasteiger partial charge in [0.25, 0.3) is 0 Å². The maximum Gasteiger partial charge on any atom is 0.119 e. The Kier molecular flexibility index (Phi) is 8.09. The topological polar surface area (TPSA) is 41.5 Å². The van der Waals surface area contributed by atoms with Crippen LogP contribution in [0.25, 0.3) is 0 Å². The van der Waals surface area contributed by atoms with Crippen LogP contribution in [-0.2, 0) is 0 Å². The van der Waals surface area contributed by atoms with Crippen LogP contribution in [0.1, 0.15) is 39.2 Å². The first-order valence-electron chi connectivity index (χ1n) is 7.72. The number of aliphatic hydroxyl groups is 1. The lowest BCUT2D eigenvalue weighted by Crippen LogP contribution is -2.37. The van der Waals surface area contributed by atoms with Crippen molar-refractivity contribution in [1.82, 2.24) is 5.32 Å². The molecule has 0 saturated carbocycles. The third-order valence-electron chi connectivity index (χ3n) is 3.73. The molecule has 0 aliphatic carbocycles. The molecule has 3 unspecified atom stereocenters. The molecule has 0 amide bonds. The fourth-order valence-electron chi connectivity index (χ4n) is 2.15. The van der Waals surface area contributed by atoms with Gasteiger partial charge in [-0.25, -0.2) is 0 Å². The number of halogens is 1. The molecule has 4 heteroatoms. The number of benzene rings is 1. The Hall–Kier alpha value is -0.770. The van der Waals surface area contributed by atoms with Crippen LogP contribution in [0.3, 0.4) is 0 Å². The maximum atomic E-state index is 9.96. The van der Waals surface area contributed by atoms with E-state index in [1.54, 1.807) is 0 Å². The van der Waals surface area contributed by atoms with E-state index in [0.717, 1.165) is 22.8 Å². The van der Waals surface area contributed by atoms with Gasteiger partial charge in [0.15, 0.2) is 0 Å². The van der Waals surface area contributed by atoms with E-state index in [1.165, 1.54) is 6.42 Å². The number of hydrogen-bond acceptors (Lipinski definition) is 3. The van der Waals surface area contributed by atoms with Crippen molar-refractivity contribution in [3.63, 3.8) is 0 Å². The Bertz CT molecular complexity index is 425. The third kappa shape index (κ3) is 7.16. The SMILES string of the molecule is CCC(C)CC(C)NCC(O)COc1ccc(Cl)c(C)c1. The first-order chi connectivity index (χ1) is 9.92. The average Bonchev–Trinajstić information content (AvgIpc) is 2.46. The second-order valence-electron chi connectivity index (χ2n) is 5.93. The minimum atomic E-state index is -0.514. The van der Waals surface area contributed by atoms with E-state index in [1.807, 2.05) is 25.1 Å². The highest BCUT2D eigenvalue weighted by molar-refractivity contribution is 6.31. The van der Waals surface area contributed by atoms with E-state index in [-0.39, 0.29) is 6.61 Å². The molecule has 0 heterocycles. The van der Waals surface area contributed by atoms with Crippen LogP contribution in [0.4, 0.5) is 0 Å². The zero-order chi connectivity index (χ0) is 15.8. The number of aryl methyl sites for hydroxylation is 1. The van der Waals surface area contributed by atoms with E-state index in [2.05, 4.69) is 26.1 Å². The Morgan fingerprint density at radius 3 is 2.67 bits per heavy atom. The summed E-state index contributed by atoms with van der Waals surface area (Å²) in [5.41, 5.74) is 0.976. The van der Waals surface area contributed by atoms with E-state index >= 15 is 0 Å². The molecule has 0 bridgehead atoms. The van der Waals surface area contributed by atoms with Gasteiger partial charge >= 0.3 is 0 Å². The number of aliphatic hydroxyl groups excluding tert-OH is 1. The number of rotatable bonds is 9. The molecule has 0 saturated heterocycles. The predicted molar refractivity (Wildman–Crippen MR) is 89.2 cm³/mol. The molecule has 120 valence electrons.